The number of hydrogen-bond acceptors (Lipinski definition) is 8. The van der Waals surface area contributed by atoms with E-state index in [1.54, 1.807) is 0 Å². The summed E-state index contributed by atoms with van der Waals surface area (Å²) in [7, 11) is -9.21. The van der Waals surface area contributed by atoms with Crippen molar-refractivity contribution in [3.63, 3.8) is 0 Å². The number of alkyl halides is 3. The van der Waals surface area contributed by atoms with E-state index in [-0.39, 0.29) is 40.8 Å². The van der Waals surface area contributed by atoms with Gasteiger partial charge in [0.1, 0.15) is 5.76 Å². The summed E-state index contributed by atoms with van der Waals surface area (Å²) >= 11 is 1.31. The van der Waals surface area contributed by atoms with Crippen molar-refractivity contribution in [2.45, 2.75) is 167 Å². The Morgan fingerprint density at radius 1 is 0.980 bits per heavy atom. The van der Waals surface area contributed by atoms with Crippen LogP contribution >= 0.6 is 11.8 Å². The summed E-state index contributed by atoms with van der Waals surface area (Å²) < 4.78 is 88.9. The van der Waals surface area contributed by atoms with E-state index in [1.807, 2.05) is 12.2 Å². The second kappa shape index (κ2) is 18.8. The molecule has 0 saturated carbocycles. The molecule has 0 aliphatic heterocycles. The summed E-state index contributed by atoms with van der Waals surface area (Å²) in [5.74, 6) is -0.136. The van der Waals surface area contributed by atoms with Crippen LogP contribution in [0, 0.1) is 11.8 Å². The first-order valence-corrected chi connectivity index (χ1v) is 25.9. The van der Waals surface area contributed by atoms with Gasteiger partial charge in [-0.1, -0.05) is 93.2 Å². The average Bonchev–Trinajstić information content (AvgIpc) is 3.23. The molecule has 0 spiro atoms. The van der Waals surface area contributed by atoms with Crippen LogP contribution in [0.25, 0.3) is 0 Å². The summed E-state index contributed by atoms with van der Waals surface area (Å²) in [4.78, 5) is 12.0. The van der Waals surface area contributed by atoms with Gasteiger partial charge in [-0.3, -0.25) is 4.79 Å². The predicted octanol–water partition coefficient (Wildman–Crippen LogP) is 11.1. The van der Waals surface area contributed by atoms with Crippen molar-refractivity contribution in [1.82, 2.24) is 0 Å². The second-order valence-electron chi connectivity index (χ2n) is 16.4. The lowest BCUT2D eigenvalue weighted by Crippen LogP contribution is -2.45. The zero-order valence-corrected chi connectivity index (χ0v) is 36.0. The van der Waals surface area contributed by atoms with Gasteiger partial charge in [0, 0.05) is 23.7 Å². The molecule has 0 fully saturated rings. The van der Waals surface area contributed by atoms with Crippen LogP contribution in [0.15, 0.2) is 22.8 Å². The first-order chi connectivity index (χ1) is 22.2. The molecule has 14 heteroatoms. The molecule has 0 unspecified atom stereocenters. The maximum Gasteiger partial charge on any atom is 0.534 e. The molecule has 7 nitrogen and oxygen atoms in total. The maximum absolute atomic E-state index is 13.6. The van der Waals surface area contributed by atoms with Gasteiger partial charge in [-0.2, -0.15) is 21.6 Å². The molecular weight excluding hydrogens is 710 g/mol. The highest BCUT2D eigenvalue weighted by Crippen LogP contribution is 2.48. The predicted molar refractivity (Wildman–Crippen MR) is 201 cm³/mol. The number of rotatable bonds is 20. The van der Waals surface area contributed by atoms with Gasteiger partial charge in [-0.15, -0.1) is 11.8 Å². The Kier molecular flexibility index (Phi) is 17.7. The molecule has 1 aliphatic carbocycles. The van der Waals surface area contributed by atoms with Crippen LogP contribution in [-0.4, -0.2) is 61.6 Å². The lowest BCUT2D eigenvalue weighted by Gasteiger charge is -2.40. The Hall–Kier alpha value is -0.806. The molecule has 0 bridgehead atoms. The Bertz CT molecular complexity index is 1220. The summed E-state index contributed by atoms with van der Waals surface area (Å²) in [6, 6.07) is 0. The molecule has 49 heavy (non-hydrogen) atoms. The number of carbonyl (C=O) groups is 1. The SMILES string of the molecule is CCCC[C@@H](C)C[C@@H](/C=C/[C@@H]1C(SCCCCCC(=O)OC)=C(OS(=O)(=O)C(F)(F)F)C[C@H]1O[Si](C)(C)C(C)(C)C)O[Si](C)(C)C(C)(C)C. The van der Waals surface area contributed by atoms with Gasteiger partial charge in [0.15, 0.2) is 16.6 Å². The van der Waals surface area contributed by atoms with Gasteiger partial charge in [-0.05, 0) is 67.2 Å². The standard InChI is InChI=1S/C35H65F3O7S2Si2/c1-14-15-19-26(2)24-27(44-48(10,11)33(3,4)5)21-22-28-29(45-49(12,13)34(6,7)8)25-30(43-47(40,41)35(36,37)38)32(28)46-23-18-16-17-20-31(39)42-9/h21-22,26-29H,14-20,23-25H2,1-13H3/b22-21+/t26-,27-,28+,29-/m1/s1. The highest BCUT2D eigenvalue weighted by molar-refractivity contribution is 8.03. The lowest BCUT2D eigenvalue weighted by molar-refractivity contribution is -0.140. The fourth-order valence-electron chi connectivity index (χ4n) is 4.94. The molecule has 0 aromatic rings. The molecule has 288 valence electrons. The van der Waals surface area contributed by atoms with Crippen molar-refractivity contribution in [1.29, 1.82) is 0 Å². The average molecular weight is 775 g/mol. The topological polar surface area (TPSA) is 88.1 Å². The maximum atomic E-state index is 13.6. The zero-order valence-electron chi connectivity index (χ0n) is 32.3. The number of esters is 1. The molecule has 0 saturated heterocycles. The van der Waals surface area contributed by atoms with E-state index in [0.717, 1.165) is 25.7 Å². The van der Waals surface area contributed by atoms with Gasteiger partial charge in [0.2, 0.25) is 0 Å². The number of hydrogen-bond donors (Lipinski definition) is 0. The molecule has 0 heterocycles. The zero-order chi connectivity index (χ0) is 38.1. The minimum atomic E-state index is -5.89. The molecule has 0 aromatic heterocycles. The Morgan fingerprint density at radius 3 is 2.08 bits per heavy atom. The highest BCUT2D eigenvalue weighted by atomic mass is 32.2. The number of methoxy groups -OCH3 is 1. The van der Waals surface area contributed by atoms with Gasteiger partial charge < -0.3 is 17.8 Å². The van der Waals surface area contributed by atoms with E-state index in [9.17, 15) is 26.4 Å². The highest BCUT2D eigenvalue weighted by Gasteiger charge is 2.51. The van der Waals surface area contributed by atoms with Crippen LogP contribution in [0.3, 0.4) is 0 Å². The number of thioether (sulfide) groups is 1. The molecular formula is C35H65F3O7S2Si2. The van der Waals surface area contributed by atoms with E-state index in [1.165, 1.54) is 18.9 Å². The van der Waals surface area contributed by atoms with Crippen molar-refractivity contribution in [2.24, 2.45) is 11.8 Å². The third kappa shape index (κ3) is 14.6. The van der Waals surface area contributed by atoms with Crippen LogP contribution < -0.4 is 0 Å². The minimum absolute atomic E-state index is 0.0329. The summed E-state index contributed by atoms with van der Waals surface area (Å²) in [6.07, 6.45) is 9.40. The normalized spacial score (nSPS) is 19.8. The van der Waals surface area contributed by atoms with Crippen LogP contribution in [0.2, 0.25) is 36.3 Å². The van der Waals surface area contributed by atoms with Crippen LogP contribution in [0.1, 0.15) is 113 Å². The van der Waals surface area contributed by atoms with E-state index in [0.29, 0.717) is 35.8 Å². The number of carbonyl (C=O) groups excluding carboxylic acids is 1. The van der Waals surface area contributed by atoms with Gasteiger partial charge in [0.05, 0.1) is 19.3 Å². The van der Waals surface area contributed by atoms with Gasteiger partial charge >= 0.3 is 21.6 Å². The van der Waals surface area contributed by atoms with Gasteiger partial charge in [-0.25, -0.2) is 0 Å². The Balaban J connectivity index is 3.68. The summed E-state index contributed by atoms with van der Waals surface area (Å²) in [5, 5.41) is -0.229. The molecule has 0 aromatic carbocycles. The van der Waals surface area contributed by atoms with Crippen molar-refractivity contribution in [2.75, 3.05) is 12.9 Å². The molecule has 4 atom stereocenters. The third-order valence-electron chi connectivity index (χ3n) is 10.1. The molecule has 1 rings (SSSR count). The lowest BCUT2D eigenvalue weighted by atomic mass is 9.96. The molecule has 0 N–H and O–H groups in total. The molecule has 0 radical (unpaired) electrons. The van der Waals surface area contributed by atoms with Crippen LogP contribution in [0.4, 0.5) is 13.2 Å². The van der Waals surface area contributed by atoms with Crippen molar-refractivity contribution >= 4 is 44.5 Å². The van der Waals surface area contributed by atoms with Crippen LogP contribution in [-0.2, 0) is 32.7 Å². The van der Waals surface area contributed by atoms with Crippen molar-refractivity contribution < 1.29 is 44.2 Å². The van der Waals surface area contributed by atoms with Crippen molar-refractivity contribution in [3.05, 3.63) is 22.8 Å². The van der Waals surface area contributed by atoms with Gasteiger partial charge in [0.25, 0.3) is 0 Å². The summed E-state index contributed by atoms with van der Waals surface area (Å²) in [5.41, 5.74) is -5.57. The Morgan fingerprint density at radius 2 is 1.57 bits per heavy atom. The number of unbranched alkanes of at least 4 members (excludes halogenated alkanes) is 3. The van der Waals surface area contributed by atoms with Crippen LogP contribution in [0.5, 0.6) is 0 Å². The third-order valence-corrected chi connectivity index (χ3v) is 21.4. The van der Waals surface area contributed by atoms with E-state index in [2.05, 4.69) is 81.6 Å². The van der Waals surface area contributed by atoms with E-state index in [4.69, 9.17) is 17.8 Å². The van der Waals surface area contributed by atoms with E-state index < -0.39 is 44.3 Å². The first-order valence-electron chi connectivity index (χ1n) is 17.7. The minimum Gasteiger partial charge on any atom is -0.469 e. The smallest absolute Gasteiger partial charge is 0.469 e. The first kappa shape index (κ1) is 46.2. The fraction of sp³-hybridized carbons (Fsp3) is 0.857. The monoisotopic (exact) mass is 774 g/mol. The number of halogens is 3. The van der Waals surface area contributed by atoms with E-state index >= 15 is 0 Å². The Labute approximate surface area is 302 Å². The second-order valence-corrected chi connectivity index (χ2v) is 28.6. The fourth-order valence-corrected chi connectivity index (χ4v) is 9.41. The summed E-state index contributed by atoms with van der Waals surface area (Å²) in [6.45, 7) is 25.8. The molecule has 1 aliphatic rings. The molecule has 0 amide bonds. The largest absolute Gasteiger partial charge is 0.534 e. The van der Waals surface area contributed by atoms with Crippen molar-refractivity contribution in [3.8, 4) is 0 Å². The number of ether oxygens (including phenoxy) is 1. The quantitative estimate of drug-likeness (QED) is 0.0302.